The molecule has 5 rings (SSSR count). The summed E-state index contributed by atoms with van der Waals surface area (Å²) in [7, 11) is 0. The third kappa shape index (κ3) is 3.55. The van der Waals surface area contributed by atoms with Crippen molar-refractivity contribution in [3.8, 4) is 44.9 Å². The van der Waals surface area contributed by atoms with E-state index in [1.54, 1.807) is 12.1 Å². The summed E-state index contributed by atoms with van der Waals surface area (Å²) >= 11 is 0. The molecule has 31 heavy (non-hydrogen) atoms. The van der Waals surface area contributed by atoms with E-state index in [1.807, 2.05) is 97.1 Å². The summed E-state index contributed by atoms with van der Waals surface area (Å²) in [5, 5.41) is 11.7. The summed E-state index contributed by atoms with van der Waals surface area (Å²) in [5.41, 5.74) is 5.12. The number of rotatable bonds is 4. The third-order valence-corrected chi connectivity index (χ3v) is 5.30. The van der Waals surface area contributed by atoms with Crippen LogP contribution in [0.2, 0.25) is 0 Å². The van der Waals surface area contributed by atoms with Crippen LogP contribution in [0.3, 0.4) is 0 Å². The Labute approximate surface area is 179 Å². The molecule has 1 aromatic heterocycles. The fraction of sp³-hybridized carbons (Fsp3) is 0. The maximum absolute atomic E-state index is 11.7. The first-order valence-corrected chi connectivity index (χ1v) is 9.96. The highest BCUT2D eigenvalue weighted by Crippen LogP contribution is 2.44. The summed E-state index contributed by atoms with van der Waals surface area (Å²) in [4.78, 5) is 11.4. The lowest BCUT2D eigenvalue weighted by Crippen LogP contribution is -1.86. The second kappa shape index (κ2) is 7.84. The van der Waals surface area contributed by atoms with Gasteiger partial charge < -0.3 is 0 Å². The van der Waals surface area contributed by atoms with E-state index in [1.165, 1.54) is 0 Å². The van der Waals surface area contributed by atoms with Crippen LogP contribution in [0.5, 0.6) is 0 Å². The van der Waals surface area contributed by atoms with Gasteiger partial charge in [-0.25, -0.2) is 4.42 Å². The van der Waals surface area contributed by atoms with Crippen LogP contribution in [0.1, 0.15) is 0 Å². The van der Waals surface area contributed by atoms with E-state index in [9.17, 15) is 10.1 Å². The average molecular weight is 404 g/mol. The Morgan fingerprint density at radius 3 is 1.55 bits per heavy atom. The van der Waals surface area contributed by atoms with Crippen molar-refractivity contribution in [3.05, 3.63) is 119 Å². The molecule has 0 amide bonds. The molecule has 0 aliphatic heterocycles. The molecule has 4 heteroatoms. The van der Waals surface area contributed by atoms with Crippen LogP contribution < -0.4 is 0 Å². The van der Waals surface area contributed by atoms with Crippen LogP contribution in [0.25, 0.3) is 44.9 Å². The summed E-state index contributed by atoms with van der Waals surface area (Å²) in [6.45, 7) is 0. The van der Waals surface area contributed by atoms with Crippen LogP contribution >= 0.6 is 0 Å². The molecule has 0 saturated carbocycles. The van der Waals surface area contributed by atoms with Gasteiger partial charge in [0.25, 0.3) is 5.69 Å². The van der Waals surface area contributed by atoms with Gasteiger partial charge in [0, 0.05) is 11.6 Å². The van der Waals surface area contributed by atoms with Crippen LogP contribution in [-0.4, -0.2) is 4.92 Å². The second-order valence-corrected chi connectivity index (χ2v) is 7.25. The van der Waals surface area contributed by atoms with Gasteiger partial charge in [0.15, 0.2) is 0 Å². The summed E-state index contributed by atoms with van der Waals surface area (Å²) in [6, 6.07) is 34.6. The minimum absolute atomic E-state index is 0.101. The zero-order valence-electron chi connectivity index (χ0n) is 16.6. The molecule has 2 aromatic carbocycles. The zero-order valence-corrected chi connectivity index (χ0v) is 16.6. The number of nitrogens with zero attached hydrogens (tertiary/aromatic N) is 1. The van der Waals surface area contributed by atoms with Crippen molar-refractivity contribution < 1.29 is 9.34 Å². The first-order valence-electron chi connectivity index (χ1n) is 9.96. The lowest BCUT2D eigenvalue weighted by atomic mass is 10.00. The quantitative estimate of drug-likeness (QED) is 0.176. The van der Waals surface area contributed by atoms with Crippen molar-refractivity contribution >= 4 is 5.69 Å². The Morgan fingerprint density at radius 1 is 0.548 bits per heavy atom. The lowest BCUT2D eigenvalue weighted by molar-refractivity contribution is -0.383. The highest BCUT2D eigenvalue weighted by Gasteiger charge is 2.27. The standard InChI is InChI=1S/C27H18NO3/c29-28(30)25-18-24(22-14-8-3-9-15-23(22)25)21-16-26(19-10-4-1-5-11-19)31-27(17-21)20-12-6-2-7-13-20/h1-18H/q+1. The molecule has 0 fully saturated rings. The number of fused-ring (bicyclic) bond motifs is 1. The number of benzene rings is 2. The van der Waals surface area contributed by atoms with Crippen LogP contribution in [0.15, 0.2) is 114 Å². The molecule has 0 bridgehead atoms. The van der Waals surface area contributed by atoms with Gasteiger partial charge in [0.1, 0.15) is 0 Å². The van der Waals surface area contributed by atoms with Crippen LogP contribution in [0, 0.1) is 10.1 Å². The van der Waals surface area contributed by atoms with Crippen molar-refractivity contribution in [3.63, 3.8) is 0 Å². The molecule has 0 radical (unpaired) electrons. The lowest BCUT2D eigenvalue weighted by Gasteiger charge is -2.02. The normalized spacial score (nSPS) is 10.8. The minimum atomic E-state index is -0.324. The number of nitro groups is 1. The average Bonchev–Trinajstić information content (AvgIpc) is 3.01. The molecule has 0 unspecified atom stereocenters. The first kappa shape index (κ1) is 18.7. The first-order chi connectivity index (χ1) is 15.2. The maximum atomic E-state index is 11.7. The molecule has 0 spiro atoms. The highest BCUT2D eigenvalue weighted by molar-refractivity contribution is 5.94. The van der Waals surface area contributed by atoms with Crippen molar-refractivity contribution in [2.24, 2.45) is 0 Å². The number of hydrogen-bond acceptors (Lipinski definition) is 2. The molecule has 2 aliphatic carbocycles. The van der Waals surface area contributed by atoms with E-state index < -0.39 is 0 Å². The van der Waals surface area contributed by atoms with E-state index in [2.05, 4.69) is 0 Å². The molecular weight excluding hydrogens is 386 g/mol. The molecule has 2 aliphatic rings. The molecule has 3 aromatic rings. The zero-order chi connectivity index (χ0) is 21.2. The third-order valence-electron chi connectivity index (χ3n) is 5.30. The summed E-state index contributed by atoms with van der Waals surface area (Å²) in [6.07, 6.45) is 0. The van der Waals surface area contributed by atoms with Gasteiger partial charge in [-0.3, -0.25) is 10.1 Å². The van der Waals surface area contributed by atoms with Gasteiger partial charge in [-0.2, -0.15) is 0 Å². The molecular formula is C27H18NO3+. The van der Waals surface area contributed by atoms with E-state index in [-0.39, 0.29) is 10.6 Å². The fourth-order valence-corrected chi connectivity index (χ4v) is 3.83. The fourth-order valence-electron chi connectivity index (χ4n) is 3.83. The Bertz CT molecular complexity index is 1290. The molecule has 0 saturated heterocycles. The molecule has 4 nitrogen and oxygen atoms in total. The van der Waals surface area contributed by atoms with E-state index in [0.29, 0.717) is 17.1 Å². The van der Waals surface area contributed by atoms with Crippen LogP contribution in [0.4, 0.5) is 5.69 Å². The predicted molar refractivity (Wildman–Crippen MR) is 123 cm³/mol. The Balaban J connectivity index is 1.78. The molecule has 0 N–H and O–H groups in total. The Hall–Kier alpha value is -4.31. The van der Waals surface area contributed by atoms with Gasteiger partial charge in [-0.15, -0.1) is 0 Å². The highest BCUT2D eigenvalue weighted by atomic mass is 16.6. The van der Waals surface area contributed by atoms with Gasteiger partial charge in [0.2, 0.25) is 0 Å². The van der Waals surface area contributed by atoms with Crippen molar-refractivity contribution in [2.75, 3.05) is 0 Å². The molecule has 148 valence electrons. The van der Waals surface area contributed by atoms with Crippen molar-refractivity contribution in [2.45, 2.75) is 0 Å². The van der Waals surface area contributed by atoms with Crippen molar-refractivity contribution in [1.82, 2.24) is 0 Å². The summed E-state index contributed by atoms with van der Waals surface area (Å²) < 4.78 is 6.26. The smallest absolute Gasteiger partial charge is 0.258 e. The van der Waals surface area contributed by atoms with Gasteiger partial charge in [-0.1, -0.05) is 60.7 Å². The predicted octanol–water partition coefficient (Wildman–Crippen LogP) is 7.57. The SMILES string of the molecule is O=[N+]([O-])c1cc(-c2cc(-c3ccccc3)[o+]c(-c3ccccc3)c2)c2cccccc1-2. The minimum Gasteiger partial charge on any atom is -0.258 e. The van der Waals surface area contributed by atoms with E-state index >= 15 is 0 Å². The van der Waals surface area contributed by atoms with Gasteiger partial charge >= 0.3 is 11.5 Å². The van der Waals surface area contributed by atoms with Crippen LogP contribution in [-0.2, 0) is 0 Å². The topological polar surface area (TPSA) is 54.4 Å². The van der Waals surface area contributed by atoms with Crippen molar-refractivity contribution in [1.29, 1.82) is 0 Å². The Morgan fingerprint density at radius 2 is 1.03 bits per heavy atom. The Kier molecular flexibility index (Phi) is 4.73. The largest absolute Gasteiger partial charge is 0.361 e. The maximum Gasteiger partial charge on any atom is 0.361 e. The summed E-state index contributed by atoms with van der Waals surface area (Å²) in [5.74, 6) is 1.41. The number of hydrogen-bond donors (Lipinski definition) is 0. The second-order valence-electron chi connectivity index (χ2n) is 7.25. The molecule has 1 heterocycles. The van der Waals surface area contributed by atoms with E-state index in [0.717, 1.165) is 27.8 Å². The van der Waals surface area contributed by atoms with Gasteiger partial charge in [-0.05, 0) is 41.5 Å². The monoisotopic (exact) mass is 404 g/mol. The van der Waals surface area contributed by atoms with Gasteiger partial charge in [0.05, 0.1) is 33.7 Å². The molecule has 0 atom stereocenters. The van der Waals surface area contributed by atoms with E-state index in [4.69, 9.17) is 4.42 Å².